The van der Waals surface area contributed by atoms with Crippen LogP contribution in [-0.4, -0.2) is 38.1 Å². The third-order valence-corrected chi connectivity index (χ3v) is 4.58. The molecule has 0 amide bonds. The van der Waals surface area contributed by atoms with Gasteiger partial charge in [-0.15, -0.1) is 0 Å². The van der Waals surface area contributed by atoms with Crippen molar-refractivity contribution in [3.8, 4) is 6.07 Å². The largest absolute Gasteiger partial charge is 0.315 e. The number of nitrogens with zero attached hydrogens (tertiary/aromatic N) is 2. The van der Waals surface area contributed by atoms with Crippen LogP contribution in [0.15, 0.2) is 0 Å². The molecule has 17 heavy (non-hydrogen) atoms. The molecule has 0 aromatic heterocycles. The van der Waals surface area contributed by atoms with Crippen molar-refractivity contribution in [1.29, 1.82) is 5.26 Å². The molecule has 1 aliphatic carbocycles. The Bertz CT molecular complexity index is 270. The number of rotatable bonds is 5. The highest BCUT2D eigenvalue weighted by atomic mass is 15.1. The number of likely N-dealkylation sites (tertiary alicyclic amines) is 1. The van der Waals surface area contributed by atoms with E-state index in [0.29, 0.717) is 0 Å². The third kappa shape index (κ3) is 3.43. The Morgan fingerprint density at radius 1 is 1.35 bits per heavy atom. The van der Waals surface area contributed by atoms with Gasteiger partial charge < -0.3 is 10.2 Å². The summed E-state index contributed by atoms with van der Waals surface area (Å²) in [5, 5.41) is 12.6. The lowest BCUT2D eigenvalue weighted by atomic mass is 9.70. The van der Waals surface area contributed by atoms with E-state index >= 15 is 0 Å². The molecule has 3 nitrogen and oxygen atoms in total. The van der Waals surface area contributed by atoms with Crippen LogP contribution in [0.5, 0.6) is 0 Å². The summed E-state index contributed by atoms with van der Waals surface area (Å²) in [4.78, 5) is 2.42. The normalized spacial score (nSPS) is 25.2. The van der Waals surface area contributed by atoms with Crippen LogP contribution in [0.3, 0.4) is 0 Å². The lowest BCUT2D eigenvalue weighted by Gasteiger charge is -2.35. The molecule has 3 heteroatoms. The summed E-state index contributed by atoms with van der Waals surface area (Å²) >= 11 is 0. The SMILES string of the molecule is CN1CCC(CCNCC2(C#N)CCC2)CC1. The molecule has 2 aliphatic rings. The van der Waals surface area contributed by atoms with E-state index in [1.165, 1.54) is 38.8 Å². The van der Waals surface area contributed by atoms with Gasteiger partial charge in [0.2, 0.25) is 0 Å². The molecule has 0 atom stereocenters. The van der Waals surface area contributed by atoms with Gasteiger partial charge in [-0.2, -0.15) is 5.26 Å². The lowest BCUT2D eigenvalue weighted by Crippen LogP contribution is -2.39. The molecule has 0 spiro atoms. The van der Waals surface area contributed by atoms with Crippen LogP contribution in [0.25, 0.3) is 0 Å². The molecule has 1 saturated carbocycles. The van der Waals surface area contributed by atoms with Crippen molar-refractivity contribution < 1.29 is 0 Å². The predicted molar refractivity (Wildman–Crippen MR) is 69.6 cm³/mol. The number of hydrogen-bond acceptors (Lipinski definition) is 3. The monoisotopic (exact) mass is 235 g/mol. The van der Waals surface area contributed by atoms with E-state index < -0.39 is 0 Å². The summed E-state index contributed by atoms with van der Waals surface area (Å²) in [6.07, 6.45) is 7.43. The maximum absolute atomic E-state index is 9.12. The third-order valence-electron chi connectivity index (χ3n) is 4.58. The zero-order chi connectivity index (χ0) is 12.1. The number of hydrogen-bond donors (Lipinski definition) is 1. The van der Waals surface area contributed by atoms with Gasteiger partial charge in [-0.05, 0) is 64.7 Å². The molecule has 0 unspecified atom stereocenters. The second kappa shape index (κ2) is 5.84. The first kappa shape index (κ1) is 12.9. The minimum absolute atomic E-state index is 0.00716. The standard InChI is InChI=1S/C14H25N3/c1-17-9-4-13(5-10-17)3-8-16-12-14(11-15)6-2-7-14/h13,16H,2-10,12H2,1H3. The highest BCUT2D eigenvalue weighted by molar-refractivity contribution is 5.05. The summed E-state index contributed by atoms with van der Waals surface area (Å²) in [6.45, 7) is 4.52. The smallest absolute Gasteiger partial charge is 0.0703 e. The van der Waals surface area contributed by atoms with Crippen molar-refractivity contribution in [3.05, 3.63) is 0 Å². The van der Waals surface area contributed by atoms with E-state index in [1.807, 2.05) is 0 Å². The molecule has 0 radical (unpaired) electrons. The average molecular weight is 235 g/mol. The van der Waals surface area contributed by atoms with E-state index in [9.17, 15) is 0 Å². The number of nitrogens with one attached hydrogen (secondary N) is 1. The van der Waals surface area contributed by atoms with Gasteiger partial charge in [0.1, 0.15) is 0 Å². The molecule has 2 fully saturated rings. The molecule has 1 N–H and O–H groups in total. The first-order valence-electron chi connectivity index (χ1n) is 7.05. The summed E-state index contributed by atoms with van der Waals surface area (Å²) in [5.74, 6) is 0.901. The van der Waals surface area contributed by atoms with Gasteiger partial charge in [0.05, 0.1) is 11.5 Å². The topological polar surface area (TPSA) is 39.1 Å². The molecular formula is C14H25N3. The van der Waals surface area contributed by atoms with E-state index in [0.717, 1.165) is 31.8 Å². The van der Waals surface area contributed by atoms with Gasteiger partial charge in [-0.1, -0.05) is 6.42 Å². The summed E-state index contributed by atoms with van der Waals surface area (Å²) < 4.78 is 0. The fourth-order valence-corrected chi connectivity index (χ4v) is 2.92. The fourth-order valence-electron chi connectivity index (χ4n) is 2.92. The lowest BCUT2D eigenvalue weighted by molar-refractivity contribution is 0.194. The average Bonchev–Trinajstić information content (AvgIpc) is 2.30. The zero-order valence-electron chi connectivity index (χ0n) is 11.0. The summed E-state index contributed by atoms with van der Waals surface area (Å²) in [6, 6.07) is 2.49. The Balaban J connectivity index is 1.56. The molecule has 2 rings (SSSR count). The van der Waals surface area contributed by atoms with Crippen LogP contribution in [-0.2, 0) is 0 Å². The van der Waals surface area contributed by atoms with Gasteiger partial charge in [0.25, 0.3) is 0 Å². The van der Waals surface area contributed by atoms with Crippen LogP contribution in [0.4, 0.5) is 0 Å². The van der Waals surface area contributed by atoms with Crippen LogP contribution in [0.2, 0.25) is 0 Å². The predicted octanol–water partition coefficient (Wildman–Crippen LogP) is 2.00. The quantitative estimate of drug-likeness (QED) is 0.741. The van der Waals surface area contributed by atoms with Gasteiger partial charge >= 0.3 is 0 Å². The Kier molecular flexibility index (Phi) is 4.42. The maximum Gasteiger partial charge on any atom is 0.0703 e. The van der Waals surface area contributed by atoms with Crippen LogP contribution in [0, 0.1) is 22.7 Å². The Morgan fingerprint density at radius 3 is 2.59 bits per heavy atom. The first-order chi connectivity index (χ1) is 8.24. The van der Waals surface area contributed by atoms with Crippen molar-refractivity contribution in [2.45, 2.75) is 38.5 Å². The van der Waals surface area contributed by atoms with Crippen molar-refractivity contribution >= 4 is 0 Å². The van der Waals surface area contributed by atoms with Gasteiger partial charge in [-0.3, -0.25) is 0 Å². The molecule has 0 aromatic carbocycles. The summed E-state index contributed by atoms with van der Waals surface area (Å²) in [5.41, 5.74) is -0.00716. The minimum Gasteiger partial charge on any atom is -0.315 e. The van der Waals surface area contributed by atoms with Crippen molar-refractivity contribution in [1.82, 2.24) is 10.2 Å². The molecule has 0 bridgehead atoms. The van der Waals surface area contributed by atoms with E-state index in [2.05, 4.69) is 23.3 Å². The molecule has 96 valence electrons. The Labute approximate surface area is 105 Å². The Morgan fingerprint density at radius 2 is 2.06 bits per heavy atom. The van der Waals surface area contributed by atoms with E-state index in [-0.39, 0.29) is 5.41 Å². The molecule has 0 aromatic rings. The van der Waals surface area contributed by atoms with Gasteiger partial charge in [0.15, 0.2) is 0 Å². The minimum atomic E-state index is -0.00716. The highest BCUT2D eigenvalue weighted by Gasteiger charge is 2.36. The van der Waals surface area contributed by atoms with Gasteiger partial charge in [-0.25, -0.2) is 0 Å². The summed E-state index contributed by atoms with van der Waals surface area (Å²) in [7, 11) is 2.21. The van der Waals surface area contributed by atoms with E-state index in [4.69, 9.17) is 5.26 Å². The van der Waals surface area contributed by atoms with Crippen molar-refractivity contribution in [2.24, 2.45) is 11.3 Å². The molecule has 1 saturated heterocycles. The molecule has 1 heterocycles. The van der Waals surface area contributed by atoms with Crippen molar-refractivity contribution in [2.75, 3.05) is 33.2 Å². The van der Waals surface area contributed by atoms with Crippen LogP contribution < -0.4 is 5.32 Å². The zero-order valence-corrected chi connectivity index (χ0v) is 11.0. The van der Waals surface area contributed by atoms with E-state index in [1.54, 1.807) is 0 Å². The number of piperidine rings is 1. The van der Waals surface area contributed by atoms with Gasteiger partial charge in [0, 0.05) is 6.54 Å². The maximum atomic E-state index is 9.12. The molecular weight excluding hydrogens is 210 g/mol. The number of nitriles is 1. The highest BCUT2D eigenvalue weighted by Crippen LogP contribution is 2.39. The van der Waals surface area contributed by atoms with Crippen molar-refractivity contribution in [3.63, 3.8) is 0 Å². The second-order valence-corrected chi connectivity index (χ2v) is 5.96. The first-order valence-corrected chi connectivity index (χ1v) is 7.05. The molecule has 1 aliphatic heterocycles. The second-order valence-electron chi connectivity index (χ2n) is 5.96. The fraction of sp³-hybridized carbons (Fsp3) is 0.929. The van der Waals surface area contributed by atoms with Crippen LogP contribution in [0.1, 0.15) is 38.5 Å². The Hall–Kier alpha value is -0.590. The van der Waals surface area contributed by atoms with Crippen LogP contribution >= 0.6 is 0 Å².